The quantitative estimate of drug-likeness (QED) is 0.668. The summed E-state index contributed by atoms with van der Waals surface area (Å²) in [6.45, 7) is 5.47. The minimum Gasteiger partial charge on any atom is -0.338 e. The molecule has 3 rings (SSSR count). The molecule has 1 aromatic heterocycles. The average Bonchev–Trinajstić information content (AvgIpc) is 2.57. The second kappa shape index (κ2) is 7.36. The first-order valence-corrected chi connectivity index (χ1v) is 9.83. The van der Waals surface area contributed by atoms with Crippen molar-refractivity contribution in [3.8, 4) is 0 Å². The largest absolute Gasteiger partial charge is 0.338 e. The number of hydrogen-bond donors (Lipinski definition) is 2. The van der Waals surface area contributed by atoms with E-state index < -0.39 is 15.8 Å². The predicted molar refractivity (Wildman–Crippen MR) is 105 cm³/mol. The van der Waals surface area contributed by atoms with Crippen molar-refractivity contribution in [2.45, 2.75) is 25.7 Å². The van der Waals surface area contributed by atoms with E-state index in [1.807, 2.05) is 19.1 Å². The van der Waals surface area contributed by atoms with Crippen LogP contribution < -0.4 is 10.0 Å². The molecule has 0 spiro atoms. The van der Waals surface area contributed by atoms with Gasteiger partial charge < -0.3 is 5.32 Å². The first kappa shape index (κ1) is 18.8. The van der Waals surface area contributed by atoms with E-state index in [0.717, 1.165) is 5.56 Å². The molecule has 0 radical (unpaired) electrons. The van der Waals surface area contributed by atoms with Gasteiger partial charge >= 0.3 is 0 Å². The Morgan fingerprint density at radius 1 is 0.963 bits per heavy atom. The SMILES string of the molecule is Cc1cc(C)c(S(=O)(=O)Nc2ccc(Nc3ccccc3F)nc2)c(C)c1. The number of aryl methyl sites for hydroxylation is 3. The van der Waals surface area contributed by atoms with E-state index in [9.17, 15) is 12.8 Å². The van der Waals surface area contributed by atoms with Gasteiger partial charge in [0.1, 0.15) is 11.6 Å². The van der Waals surface area contributed by atoms with Gasteiger partial charge in [-0.2, -0.15) is 0 Å². The molecule has 7 heteroatoms. The monoisotopic (exact) mass is 385 g/mol. The van der Waals surface area contributed by atoms with Crippen LogP contribution in [-0.4, -0.2) is 13.4 Å². The van der Waals surface area contributed by atoms with Crippen molar-refractivity contribution in [3.05, 3.63) is 77.2 Å². The van der Waals surface area contributed by atoms with Crippen LogP contribution in [0.15, 0.2) is 59.6 Å². The van der Waals surface area contributed by atoms with E-state index in [-0.39, 0.29) is 4.90 Å². The highest BCUT2D eigenvalue weighted by molar-refractivity contribution is 7.92. The number of hydrogen-bond acceptors (Lipinski definition) is 4. The summed E-state index contributed by atoms with van der Waals surface area (Å²) in [6, 6.07) is 13.1. The Morgan fingerprint density at radius 3 is 2.22 bits per heavy atom. The van der Waals surface area contributed by atoms with Crippen LogP contribution >= 0.6 is 0 Å². The van der Waals surface area contributed by atoms with Gasteiger partial charge in [0.15, 0.2) is 0 Å². The van der Waals surface area contributed by atoms with Gasteiger partial charge in [-0.25, -0.2) is 17.8 Å². The maximum absolute atomic E-state index is 13.7. The molecule has 27 heavy (non-hydrogen) atoms. The number of para-hydroxylation sites is 1. The number of rotatable bonds is 5. The molecular formula is C20H20FN3O2S. The second-order valence-electron chi connectivity index (χ2n) is 6.37. The molecule has 0 atom stereocenters. The first-order chi connectivity index (χ1) is 12.8. The zero-order valence-corrected chi connectivity index (χ0v) is 16.1. The summed E-state index contributed by atoms with van der Waals surface area (Å²) < 4.78 is 41.8. The van der Waals surface area contributed by atoms with E-state index in [0.29, 0.717) is 28.3 Å². The molecule has 0 aliphatic carbocycles. The zero-order valence-electron chi connectivity index (χ0n) is 15.2. The molecule has 0 saturated heterocycles. The van der Waals surface area contributed by atoms with E-state index in [1.165, 1.54) is 12.3 Å². The molecule has 0 amide bonds. The lowest BCUT2D eigenvalue weighted by Crippen LogP contribution is -2.16. The van der Waals surface area contributed by atoms with Crippen molar-refractivity contribution in [3.63, 3.8) is 0 Å². The Balaban J connectivity index is 1.81. The molecule has 140 valence electrons. The number of nitrogens with one attached hydrogen (secondary N) is 2. The smallest absolute Gasteiger partial charge is 0.262 e. The summed E-state index contributed by atoms with van der Waals surface area (Å²) in [7, 11) is -3.74. The van der Waals surface area contributed by atoms with Gasteiger partial charge in [-0.05, 0) is 56.2 Å². The van der Waals surface area contributed by atoms with Gasteiger partial charge in [0, 0.05) is 0 Å². The minimum absolute atomic E-state index is 0.265. The van der Waals surface area contributed by atoms with Crippen LogP contribution in [0.4, 0.5) is 21.6 Å². The third-order valence-electron chi connectivity index (χ3n) is 4.03. The normalized spacial score (nSPS) is 11.3. The summed E-state index contributed by atoms with van der Waals surface area (Å²) in [5.41, 5.74) is 3.00. The Hall–Kier alpha value is -2.93. The second-order valence-corrected chi connectivity index (χ2v) is 7.99. The molecule has 5 nitrogen and oxygen atoms in total. The summed E-state index contributed by atoms with van der Waals surface area (Å²) >= 11 is 0. The lowest BCUT2D eigenvalue weighted by molar-refractivity contribution is 0.600. The molecular weight excluding hydrogens is 365 g/mol. The highest BCUT2D eigenvalue weighted by Crippen LogP contribution is 2.25. The number of pyridine rings is 1. The summed E-state index contributed by atoms with van der Waals surface area (Å²) in [5.74, 6) is 0.0140. The van der Waals surface area contributed by atoms with Gasteiger partial charge in [0.2, 0.25) is 0 Å². The highest BCUT2D eigenvalue weighted by Gasteiger charge is 2.20. The summed E-state index contributed by atoms with van der Waals surface area (Å²) in [4.78, 5) is 4.41. The van der Waals surface area contributed by atoms with Crippen LogP contribution in [-0.2, 0) is 10.0 Å². The Bertz CT molecular complexity index is 1060. The lowest BCUT2D eigenvalue weighted by Gasteiger charge is -2.14. The average molecular weight is 385 g/mol. The van der Waals surface area contributed by atoms with Crippen molar-refractivity contribution in [1.82, 2.24) is 4.98 Å². The van der Waals surface area contributed by atoms with Crippen LogP contribution in [0.3, 0.4) is 0 Å². The van der Waals surface area contributed by atoms with Crippen LogP contribution in [0, 0.1) is 26.6 Å². The van der Waals surface area contributed by atoms with Gasteiger partial charge in [0.25, 0.3) is 10.0 Å². The van der Waals surface area contributed by atoms with E-state index in [4.69, 9.17) is 0 Å². The number of anilines is 3. The van der Waals surface area contributed by atoms with Crippen molar-refractivity contribution in [2.75, 3.05) is 10.0 Å². The topological polar surface area (TPSA) is 71.1 Å². The van der Waals surface area contributed by atoms with E-state index in [1.54, 1.807) is 44.2 Å². The molecule has 0 aliphatic rings. The van der Waals surface area contributed by atoms with Crippen LogP contribution in [0.2, 0.25) is 0 Å². The number of halogens is 1. The molecule has 2 aromatic carbocycles. The lowest BCUT2D eigenvalue weighted by atomic mass is 10.1. The molecule has 1 heterocycles. The van der Waals surface area contributed by atoms with Crippen molar-refractivity contribution < 1.29 is 12.8 Å². The van der Waals surface area contributed by atoms with Crippen LogP contribution in [0.25, 0.3) is 0 Å². The zero-order chi connectivity index (χ0) is 19.6. The van der Waals surface area contributed by atoms with Crippen molar-refractivity contribution >= 4 is 27.2 Å². The molecule has 0 bridgehead atoms. The third-order valence-corrected chi connectivity index (χ3v) is 5.71. The van der Waals surface area contributed by atoms with Gasteiger partial charge in [-0.3, -0.25) is 4.72 Å². The van der Waals surface area contributed by atoms with Gasteiger partial charge in [-0.1, -0.05) is 29.8 Å². The minimum atomic E-state index is -3.74. The molecule has 0 fully saturated rings. The number of sulfonamides is 1. The predicted octanol–water partition coefficient (Wildman–Crippen LogP) is 4.69. The molecule has 0 aliphatic heterocycles. The summed E-state index contributed by atoms with van der Waals surface area (Å²) in [5, 5.41) is 2.86. The molecule has 0 saturated carbocycles. The fraction of sp³-hybridized carbons (Fsp3) is 0.150. The Labute approximate surface area is 158 Å². The maximum Gasteiger partial charge on any atom is 0.262 e. The highest BCUT2D eigenvalue weighted by atomic mass is 32.2. The number of nitrogens with zero attached hydrogens (tertiary/aromatic N) is 1. The summed E-state index contributed by atoms with van der Waals surface area (Å²) in [6.07, 6.45) is 1.39. The van der Waals surface area contributed by atoms with Crippen molar-refractivity contribution in [1.29, 1.82) is 0 Å². The van der Waals surface area contributed by atoms with E-state index >= 15 is 0 Å². The standard InChI is InChI=1S/C20H20FN3O2S/c1-13-10-14(2)20(15(3)11-13)27(25,26)24-16-8-9-19(22-12-16)23-18-7-5-4-6-17(18)21/h4-12,24H,1-3H3,(H,22,23). The fourth-order valence-electron chi connectivity index (χ4n) is 3.03. The third kappa shape index (κ3) is 4.25. The number of benzene rings is 2. The first-order valence-electron chi connectivity index (χ1n) is 8.34. The Kier molecular flexibility index (Phi) is 5.14. The van der Waals surface area contributed by atoms with Gasteiger partial charge in [-0.15, -0.1) is 0 Å². The molecule has 2 N–H and O–H groups in total. The van der Waals surface area contributed by atoms with Gasteiger partial charge in [0.05, 0.1) is 22.5 Å². The maximum atomic E-state index is 13.7. The van der Waals surface area contributed by atoms with Crippen molar-refractivity contribution in [2.24, 2.45) is 0 Å². The van der Waals surface area contributed by atoms with Crippen LogP contribution in [0.5, 0.6) is 0 Å². The number of aromatic nitrogens is 1. The molecule has 3 aromatic rings. The Morgan fingerprint density at radius 2 is 1.63 bits per heavy atom. The molecule has 0 unspecified atom stereocenters. The van der Waals surface area contributed by atoms with E-state index in [2.05, 4.69) is 15.0 Å². The fourth-order valence-corrected chi connectivity index (χ4v) is 4.52. The van der Waals surface area contributed by atoms with Crippen LogP contribution in [0.1, 0.15) is 16.7 Å².